The molecule has 2 saturated heterocycles. The first kappa shape index (κ1) is 31.4. The molecule has 2 fully saturated rings. The molecular formula is C37H41N3O7. The molecule has 47 heavy (non-hydrogen) atoms. The zero-order valence-electron chi connectivity index (χ0n) is 27.0. The number of ether oxygens (including phenoxy) is 2. The molecular weight excluding hydrogens is 598 g/mol. The minimum Gasteiger partial charge on any atom is -0.447 e. The fraction of sp³-hybridized carbons (Fsp3) is 0.432. The van der Waals surface area contributed by atoms with Crippen LogP contribution in [0.5, 0.6) is 0 Å². The smallest absolute Gasteiger partial charge is 0.414 e. The van der Waals surface area contributed by atoms with Crippen LogP contribution in [0.4, 0.5) is 16.2 Å². The number of amides is 3. The number of aliphatic hydroxyl groups is 2. The summed E-state index contributed by atoms with van der Waals surface area (Å²) in [7, 11) is 0. The highest BCUT2D eigenvalue weighted by Crippen LogP contribution is 2.58. The summed E-state index contributed by atoms with van der Waals surface area (Å²) in [5.41, 5.74) is 2.13. The summed E-state index contributed by atoms with van der Waals surface area (Å²) in [4.78, 5) is 46.4. The Bertz CT molecular complexity index is 1710. The van der Waals surface area contributed by atoms with Crippen molar-refractivity contribution in [2.24, 2.45) is 11.8 Å². The summed E-state index contributed by atoms with van der Waals surface area (Å²) in [6, 6.07) is 22.7. The van der Waals surface area contributed by atoms with Crippen LogP contribution in [-0.2, 0) is 44.2 Å². The van der Waals surface area contributed by atoms with E-state index in [-0.39, 0.29) is 37.5 Å². The normalized spacial score (nSPS) is 27.0. The highest BCUT2D eigenvalue weighted by molar-refractivity contribution is 6.08. The van der Waals surface area contributed by atoms with E-state index in [1.807, 2.05) is 79.7 Å². The molecule has 10 nitrogen and oxygen atoms in total. The summed E-state index contributed by atoms with van der Waals surface area (Å²) < 4.78 is 12.1. The van der Waals surface area contributed by atoms with Crippen molar-refractivity contribution >= 4 is 29.3 Å². The van der Waals surface area contributed by atoms with Crippen LogP contribution < -0.4 is 9.80 Å². The molecule has 5 atom stereocenters. The third-order valence-corrected chi connectivity index (χ3v) is 10.5. The van der Waals surface area contributed by atoms with Gasteiger partial charge in [-0.15, -0.1) is 0 Å². The lowest BCUT2D eigenvalue weighted by Gasteiger charge is -2.38. The van der Waals surface area contributed by atoms with Gasteiger partial charge in [-0.05, 0) is 55.2 Å². The van der Waals surface area contributed by atoms with Crippen LogP contribution in [0.25, 0.3) is 0 Å². The molecule has 3 amide bonds. The Morgan fingerprint density at radius 2 is 1.74 bits per heavy atom. The van der Waals surface area contributed by atoms with Crippen molar-refractivity contribution in [2.45, 2.75) is 70.1 Å². The molecule has 3 aromatic carbocycles. The van der Waals surface area contributed by atoms with Gasteiger partial charge in [-0.25, -0.2) is 4.79 Å². The predicted octanol–water partition coefficient (Wildman–Crippen LogP) is 4.14. The van der Waals surface area contributed by atoms with Crippen LogP contribution in [0.2, 0.25) is 0 Å². The third-order valence-electron chi connectivity index (χ3n) is 10.5. The molecule has 0 unspecified atom stereocenters. The van der Waals surface area contributed by atoms with E-state index in [1.165, 1.54) is 4.90 Å². The van der Waals surface area contributed by atoms with Crippen LogP contribution >= 0.6 is 0 Å². The number of carbonyl (C=O) groups is 3. The molecule has 1 spiro atoms. The number of carbonyl (C=O) groups excluding carboxylic acids is 3. The Morgan fingerprint density at radius 1 is 1.02 bits per heavy atom. The number of hydrogen-bond donors (Lipinski definition) is 2. The largest absolute Gasteiger partial charge is 0.447 e. The van der Waals surface area contributed by atoms with Gasteiger partial charge in [-0.2, -0.15) is 0 Å². The van der Waals surface area contributed by atoms with Crippen molar-refractivity contribution in [1.82, 2.24) is 4.90 Å². The van der Waals surface area contributed by atoms with E-state index in [0.29, 0.717) is 43.0 Å². The van der Waals surface area contributed by atoms with Gasteiger partial charge in [0, 0.05) is 29.6 Å². The lowest BCUT2D eigenvalue weighted by atomic mass is 9.70. The molecule has 2 N–H and O–H groups in total. The van der Waals surface area contributed by atoms with Crippen LogP contribution in [-0.4, -0.2) is 70.5 Å². The first-order valence-corrected chi connectivity index (χ1v) is 16.3. The van der Waals surface area contributed by atoms with Gasteiger partial charge >= 0.3 is 6.09 Å². The molecule has 0 aromatic heterocycles. The highest BCUT2D eigenvalue weighted by Gasteiger charge is 2.66. The van der Waals surface area contributed by atoms with Gasteiger partial charge in [0.05, 0.1) is 49.6 Å². The van der Waals surface area contributed by atoms with Crippen LogP contribution in [0.15, 0.2) is 72.8 Å². The second-order valence-corrected chi connectivity index (χ2v) is 13.7. The number of rotatable bonds is 7. The Hall–Kier alpha value is -4.25. The van der Waals surface area contributed by atoms with Gasteiger partial charge in [0.1, 0.15) is 6.61 Å². The molecule has 0 radical (unpaired) electrons. The average Bonchev–Trinajstić information content (AvgIpc) is 3.69. The first-order chi connectivity index (χ1) is 22.5. The fourth-order valence-corrected chi connectivity index (χ4v) is 8.32. The average molecular weight is 640 g/mol. The summed E-state index contributed by atoms with van der Waals surface area (Å²) in [6.45, 7) is 6.44. The number of hydrogen-bond acceptors (Lipinski definition) is 7. The SMILES string of the molecule is C[C@@H]1[C@@H](C(C)(C)O)[C@H](CC(=O)N2Cc3ccccc3C[C@H]2CO)O[C@@]12C(=O)N(Cc1ccccc1)c1ccc(N3CCOC3=O)cc12. The predicted molar refractivity (Wildman–Crippen MR) is 174 cm³/mol. The van der Waals surface area contributed by atoms with Gasteiger partial charge < -0.3 is 29.5 Å². The van der Waals surface area contributed by atoms with Crippen molar-refractivity contribution in [3.63, 3.8) is 0 Å². The van der Waals surface area contributed by atoms with E-state index < -0.39 is 35.2 Å². The van der Waals surface area contributed by atoms with Gasteiger partial charge in [-0.1, -0.05) is 61.5 Å². The maximum Gasteiger partial charge on any atom is 0.414 e. The van der Waals surface area contributed by atoms with E-state index in [0.717, 1.165) is 16.7 Å². The molecule has 7 rings (SSSR count). The number of benzene rings is 3. The molecule has 4 aliphatic rings. The van der Waals surface area contributed by atoms with Crippen molar-refractivity contribution in [2.75, 3.05) is 29.6 Å². The monoisotopic (exact) mass is 639 g/mol. The van der Waals surface area contributed by atoms with Gasteiger partial charge in [-0.3, -0.25) is 14.5 Å². The number of anilines is 2. The molecule has 4 heterocycles. The lowest BCUT2D eigenvalue weighted by molar-refractivity contribution is -0.151. The number of fused-ring (bicyclic) bond motifs is 3. The van der Waals surface area contributed by atoms with Crippen molar-refractivity contribution in [1.29, 1.82) is 0 Å². The highest BCUT2D eigenvalue weighted by atomic mass is 16.6. The molecule has 4 aliphatic heterocycles. The number of aliphatic hydroxyl groups excluding tert-OH is 1. The summed E-state index contributed by atoms with van der Waals surface area (Å²) >= 11 is 0. The van der Waals surface area contributed by atoms with Gasteiger partial charge in [0.2, 0.25) is 5.91 Å². The fourth-order valence-electron chi connectivity index (χ4n) is 8.32. The maximum absolute atomic E-state index is 14.8. The molecule has 10 heteroatoms. The second kappa shape index (κ2) is 11.8. The summed E-state index contributed by atoms with van der Waals surface area (Å²) in [5, 5.41) is 21.9. The quantitative estimate of drug-likeness (QED) is 0.399. The van der Waals surface area contributed by atoms with Gasteiger partial charge in [0.25, 0.3) is 5.91 Å². The zero-order chi connectivity index (χ0) is 33.1. The lowest BCUT2D eigenvalue weighted by Crippen LogP contribution is -2.48. The van der Waals surface area contributed by atoms with E-state index in [2.05, 4.69) is 0 Å². The molecule has 0 bridgehead atoms. The number of nitrogens with zero attached hydrogens (tertiary/aromatic N) is 3. The van der Waals surface area contributed by atoms with E-state index >= 15 is 0 Å². The summed E-state index contributed by atoms with van der Waals surface area (Å²) in [5.74, 6) is -1.61. The third kappa shape index (κ3) is 5.19. The second-order valence-electron chi connectivity index (χ2n) is 13.7. The topological polar surface area (TPSA) is 120 Å². The minimum atomic E-state index is -1.51. The molecule has 0 saturated carbocycles. The Kier molecular flexibility index (Phi) is 7.85. The summed E-state index contributed by atoms with van der Waals surface area (Å²) in [6.07, 6.45) is -0.785. The van der Waals surface area contributed by atoms with E-state index in [4.69, 9.17) is 9.47 Å². The minimum absolute atomic E-state index is 0.0706. The van der Waals surface area contributed by atoms with Crippen LogP contribution in [0, 0.1) is 11.8 Å². The Labute approximate surface area is 274 Å². The van der Waals surface area contributed by atoms with E-state index in [9.17, 15) is 24.6 Å². The Balaban J connectivity index is 1.28. The standard InChI is InChI=1S/C37H41N3O7/c1-23-33(36(2,3)45)31(19-32(42)39-21-26-12-8-7-11-25(26)17-28(39)22-41)47-37(23)29-18-27(38-15-16-46-35(38)44)13-14-30(29)40(34(37)43)20-24-9-5-4-6-10-24/h4-14,18,23,28,31,33,41,45H,15-17,19-22H2,1-3H3/t23-,28+,31+,33-,37+/m1/s1. The zero-order valence-corrected chi connectivity index (χ0v) is 27.0. The first-order valence-electron chi connectivity index (χ1n) is 16.3. The molecule has 246 valence electrons. The number of cyclic esters (lactones) is 1. The molecule has 0 aliphatic carbocycles. The van der Waals surface area contributed by atoms with Crippen LogP contribution in [0.3, 0.4) is 0 Å². The maximum atomic E-state index is 14.8. The molecule has 3 aromatic rings. The Morgan fingerprint density at radius 3 is 2.43 bits per heavy atom. The van der Waals surface area contributed by atoms with Crippen molar-refractivity contribution in [3.8, 4) is 0 Å². The van der Waals surface area contributed by atoms with Crippen molar-refractivity contribution in [3.05, 3.63) is 95.1 Å². The van der Waals surface area contributed by atoms with Crippen molar-refractivity contribution < 1.29 is 34.1 Å². The van der Waals surface area contributed by atoms with Crippen LogP contribution in [0.1, 0.15) is 49.4 Å². The van der Waals surface area contributed by atoms with Gasteiger partial charge in [0.15, 0.2) is 5.60 Å². The van der Waals surface area contributed by atoms with E-state index in [1.54, 1.807) is 23.6 Å².